The predicted molar refractivity (Wildman–Crippen MR) is 75.4 cm³/mol. The number of hydrogen-bond donors (Lipinski definition) is 0. The van der Waals surface area contributed by atoms with Crippen molar-refractivity contribution in [3.63, 3.8) is 0 Å². The fourth-order valence-corrected chi connectivity index (χ4v) is 3.69. The summed E-state index contributed by atoms with van der Waals surface area (Å²) in [5.41, 5.74) is 3.19. The lowest BCUT2D eigenvalue weighted by molar-refractivity contribution is -0.0218. The van der Waals surface area contributed by atoms with Crippen molar-refractivity contribution in [3.05, 3.63) is 42.0 Å². The Morgan fingerprint density at radius 3 is 2.56 bits per heavy atom. The minimum absolute atomic E-state index is 0.115. The summed E-state index contributed by atoms with van der Waals surface area (Å²) in [5.74, 6) is 0. The molecular formula is C17H22O. The molecule has 0 saturated carbocycles. The van der Waals surface area contributed by atoms with Gasteiger partial charge in [0.2, 0.25) is 0 Å². The van der Waals surface area contributed by atoms with E-state index in [9.17, 15) is 0 Å². The molecule has 96 valence electrons. The number of hydrogen-bond acceptors (Lipinski definition) is 1. The van der Waals surface area contributed by atoms with E-state index in [4.69, 9.17) is 4.74 Å². The lowest BCUT2D eigenvalue weighted by atomic mass is 9.69. The van der Waals surface area contributed by atoms with E-state index in [0.717, 1.165) is 19.4 Å². The lowest BCUT2D eigenvalue weighted by Gasteiger charge is -2.41. The molecule has 0 bridgehead atoms. The number of ether oxygens (including phenoxy) is 1. The molecule has 0 aromatic heterocycles. The average molecular weight is 242 g/mol. The van der Waals surface area contributed by atoms with Crippen molar-refractivity contribution in [1.29, 1.82) is 0 Å². The monoisotopic (exact) mass is 242 g/mol. The molecule has 1 nitrogen and oxygen atoms in total. The Balaban J connectivity index is 1.96. The van der Waals surface area contributed by atoms with Gasteiger partial charge in [0.05, 0.1) is 5.60 Å². The topological polar surface area (TPSA) is 9.23 Å². The van der Waals surface area contributed by atoms with Crippen LogP contribution in [0.5, 0.6) is 0 Å². The van der Waals surface area contributed by atoms with Gasteiger partial charge >= 0.3 is 0 Å². The predicted octanol–water partition coefficient (Wildman–Crippen LogP) is 4.44. The van der Waals surface area contributed by atoms with Crippen LogP contribution in [0.15, 0.2) is 36.4 Å². The molecule has 1 aromatic rings. The van der Waals surface area contributed by atoms with Crippen LogP contribution in [0, 0.1) is 5.41 Å². The highest BCUT2D eigenvalue weighted by Gasteiger charge is 2.43. The molecule has 1 unspecified atom stereocenters. The van der Waals surface area contributed by atoms with Crippen molar-refractivity contribution in [3.8, 4) is 0 Å². The number of rotatable bonds is 1. The van der Waals surface area contributed by atoms with Crippen LogP contribution in [0.4, 0.5) is 0 Å². The molecule has 0 N–H and O–H groups in total. The van der Waals surface area contributed by atoms with Crippen molar-refractivity contribution < 1.29 is 4.74 Å². The molecule has 1 heterocycles. The molecule has 18 heavy (non-hydrogen) atoms. The van der Waals surface area contributed by atoms with Crippen molar-refractivity contribution in [2.45, 2.75) is 45.1 Å². The van der Waals surface area contributed by atoms with Gasteiger partial charge in [-0.2, -0.15) is 0 Å². The summed E-state index contributed by atoms with van der Waals surface area (Å²) in [6.45, 7) is 5.61. The zero-order valence-electron chi connectivity index (χ0n) is 11.4. The quantitative estimate of drug-likeness (QED) is 0.707. The van der Waals surface area contributed by atoms with Gasteiger partial charge in [-0.05, 0) is 35.8 Å². The van der Waals surface area contributed by atoms with Crippen LogP contribution in [0.2, 0.25) is 0 Å². The molecular weight excluding hydrogens is 220 g/mol. The van der Waals surface area contributed by atoms with E-state index in [1.54, 1.807) is 0 Å². The number of benzene rings is 1. The second-order valence-corrected chi connectivity index (χ2v) is 6.51. The SMILES string of the molecule is CC1(C)C=C(c2ccccc2)CC2(CCCO2)C1. The Morgan fingerprint density at radius 2 is 1.89 bits per heavy atom. The van der Waals surface area contributed by atoms with Gasteiger partial charge in [-0.15, -0.1) is 0 Å². The molecule has 1 spiro atoms. The smallest absolute Gasteiger partial charge is 0.0731 e. The first-order chi connectivity index (χ1) is 8.59. The molecule has 1 atom stereocenters. The summed E-state index contributed by atoms with van der Waals surface area (Å²) in [4.78, 5) is 0. The minimum atomic E-state index is 0.115. The maximum Gasteiger partial charge on any atom is 0.0731 e. The molecule has 1 saturated heterocycles. The van der Waals surface area contributed by atoms with Gasteiger partial charge in [0.15, 0.2) is 0 Å². The van der Waals surface area contributed by atoms with Crippen molar-refractivity contribution in [2.24, 2.45) is 5.41 Å². The van der Waals surface area contributed by atoms with Crippen LogP contribution < -0.4 is 0 Å². The summed E-state index contributed by atoms with van der Waals surface area (Å²) in [6, 6.07) is 10.8. The Kier molecular flexibility index (Phi) is 2.82. The summed E-state index contributed by atoms with van der Waals surface area (Å²) in [7, 11) is 0. The van der Waals surface area contributed by atoms with Gasteiger partial charge in [0.25, 0.3) is 0 Å². The lowest BCUT2D eigenvalue weighted by Crippen LogP contribution is -2.37. The Morgan fingerprint density at radius 1 is 1.11 bits per heavy atom. The zero-order chi connectivity index (χ0) is 12.6. The number of allylic oxidation sites excluding steroid dienone is 1. The van der Waals surface area contributed by atoms with Crippen LogP contribution in [0.1, 0.15) is 45.1 Å². The largest absolute Gasteiger partial charge is 0.375 e. The van der Waals surface area contributed by atoms with E-state index in [-0.39, 0.29) is 11.0 Å². The van der Waals surface area contributed by atoms with Gasteiger partial charge in [-0.1, -0.05) is 50.3 Å². The molecule has 0 amide bonds. The first-order valence-electron chi connectivity index (χ1n) is 7.00. The van der Waals surface area contributed by atoms with Crippen LogP contribution >= 0.6 is 0 Å². The van der Waals surface area contributed by atoms with Crippen molar-refractivity contribution >= 4 is 5.57 Å². The fourth-order valence-electron chi connectivity index (χ4n) is 3.69. The van der Waals surface area contributed by atoms with Gasteiger partial charge in [0, 0.05) is 13.0 Å². The summed E-state index contributed by atoms with van der Waals surface area (Å²) in [5, 5.41) is 0. The Labute approximate surface area is 110 Å². The van der Waals surface area contributed by atoms with Gasteiger partial charge < -0.3 is 4.74 Å². The molecule has 0 radical (unpaired) electrons. The minimum Gasteiger partial charge on any atom is -0.375 e. The van der Waals surface area contributed by atoms with Gasteiger partial charge in [0.1, 0.15) is 0 Å². The molecule has 1 aliphatic carbocycles. The second kappa shape index (κ2) is 4.24. The summed E-state index contributed by atoms with van der Waals surface area (Å²) in [6.07, 6.45) is 7.14. The standard InChI is InChI=1S/C17H22O/c1-16(2)11-15(14-7-4-3-5-8-14)12-17(13-16)9-6-10-18-17/h3-5,7-8,11H,6,9-10,12-13H2,1-2H3. The highest BCUT2D eigenvalue weighted by atomic mass is 16.5. The second-order valence-electron chi connectivity index (χ2n) is 6.51. The van der Waals surface area contributed by atoms with Crippen LogP contribution in [-0.2, 0) is 4.74 Å². The first-order valence-corrected chi connectivity index (χ1v) is 7.00. The van der Waals surface area contributed by atoms with E-state index in [0.29, 0.717) is 0 Å². The zero-order valence-corrected chi connectivity index (χ0v) is 11.4. The Hall–Kier alpha value is -1.08. The highest BCUT2D eigenvalue weighted by Crippen LogP contribution is 2.48. The van der Waals surface area contributed by atoms with Crippen LogP contribution in [0.25, 0.3) is 5.57 Å². The molecule has 1 heteroatoms. The molecule has 3 rings (SSSR count). The maximum atomic E-state index is 6.13. The van der Waals surface area contributed by atoms with Gasteiger partial charge in [-0.25, -0.2) is 0 Å². The third-order valence-electron chi connectivity index (χ3n) is 4.18. The molecule has 1 aromatic carbocycles. The van der Waals surface area contributed by atoms with E-state index in [1.807, 2.05) is 0 Å². The maximum absolute atomic E-state index is 6.13. The summed E-state index contributed by atoms with van der Waals surface area (Å²) < 4.78 is 6.13. The van der Waals surface area contributed by atoms with E-state index < -0.39 is 0 Å². The Bertz CT molecular complexity index is 450. The third kappa shape index (κ3) is 2.24. The molecule has 1 aliphatic heterocycles. The van der Waals surface area contributed by atoms with Crippen molar-refractivity contribution in [2.75, 3.05) is 6.61 Å². The normalized spacial score (nSPS) is 30.4. The van der Waals surface area contributed by atoms with E-state index in [1.165, 1.54) is 24.0 Å². The van der Waals surface area contributed by atoms with E-state index in [2.05, 4.69) is 50.3 Å². The third-order valence-corrected chi connectivity index (χ3v) is 4.18. The van der Waals surface area contributed by atoms with E-state index >= 15 is 0 Å². The van der Waals surface area contributed by atoms with Gasteiger partial charge in [-0.3, -0.25) is 0 Å². The van der Waals surface area contributed by atoms with Crippen molar-refractivity contribution in [1.82, 2.24) is 0 Å². The fraction of sp³-hybridized carbons (Fsp3) is 0.529. The van der Waals surface area contributed by atoms with Crippen LogP contribution in [0.3, 0.4) is 0 Å². The molecule has 1 fully saturated rings. The molecule has 2 aliphatic rings. The van der Waals surface area contributed by atoms with Crippen LogP contribution in [-0.4, -0.2) is 12.2 Å². The first kappa shape index (κ1) is 12.0. The summed E-state index contributed by atoms with van der Waals surface area (Å²) >= 11 is 0. The average Bonchev–Trinajstić information content (AvgIpc) is 2.76. The highest BCUT2D eigenvalue weighted by molar-refractivity contribution is 5.68.